The van der Waals surface area contributed by atoms with Gasteiger partial charge in [-0.3, -0.25) is 0 Å². The van der Waals surface area contributed by atoms with Crippen molar-refractivity contribution in [3.8, 4) is 23.0 Å². The first kappa shape index (κ1) is 39.9. The molecule has 6 rings (SSSR count). The summed E-state index contributed by atoms with van der Waals surface area (Å²) in [4.78, 5) is 24.0. The van der Waals surface area contributed by atoms with Crippen LogP contribution < -0.4 is 11.5 Å². The van der Waals surface area contributed by atoms with E-state index in [0.29, 0.717) is 60.2 Å². The third-order valence-corrected chi connectivity index (χ3v) is 10.3. The van der Waals surface area contributed by atoms with Crippen molar-refractivity contribution in [2.24, 2.45) is 23.3 Å². The molecule has 4 aliphatic carbocycles. The summed E-state index contributed by atoms with van der Waals surface area (Å²) in [5.74, 6) is -0.295. The van der Waals surface area contributed by atoms with Gasteiger partial charge >= 0.3 is 12.2 Å². The second kappa shape index (κ2) is 19.6. The molecule has 0 aliphatic heterocycles. The second-order valence-corrected chi connectivity index (χ2v) is 14.3. The lowest BCUT2D eigenvalue weighted by atomic mass is 9.83. The smallest absolute Gasteiger partial charge is 0.405 e. The van der Waals surface area contributed by atoms with Gasteiger partial charge in [-0.25, -0.2) is 9.59 Å². The lowest BCUT2D eigenvalue weighted by Gasteiger charge is -2.28. The minimum atomic E-state index is -0.938. The van der Waals surface area contributed by atoms with E-state index in [1.54, 1.807) is 24.3 Å². The first-order valence-electron chi connectivity index (χ1n) is 18.0. The average molecular weight is 705 g/mol. The highest BCUT2D eigenvalue weighted by atomic mass is 35.5. The molecule has 274 valence electrons. The van der Waals surface area contributed by atoms with Gasteiger partial charge in [0.1, 0.15) is 35.2 Å². The Morgan fingerprint density at radius 1 is 0.673 bits per heavy atom. The van der Waals surface area contributed by atoms with Crippen molar-refractivity contribution < 1.29 is 39.5 Å². The van der Waals surface area contributed by atoms with Crippen LogP contribution in [0.15, 0.2) is 24.3 Å². The molecule has 11 heteroatoms. The number of hydrogen-bond acceptors (Lipinski definition) is 8. The molecular formula is C38H57ClN2O8. The van der Waals surface area contributed by atoms with Gasteiger partial charge in [0, 0.05) is 28.1 Å². The van der Waals surface area contributed by atoms with Crippen molar-refractivity contribution in [3.05, 3.63) is 46.5 Å². The van der Waals surface area contributed by atoms with E-state index in [1.165, 1.54) is 0 Å². The number of hydrogen-bond donors (Lipinski definition) is 6. The number of primary amides is 2. The predicted octanol–water partition coefficient (Wildman–Crippen LogP) is 9.66. The molecule has 2 aromatic rings. The normalized spacial score (nSPS) is 24.1. The number of carbonyl (C=O) groups excluding carboxylic acids is 2. The van der Waals surface area contributed by atoms with Crippen LogP contribution in [0.1, 0.15) is 157 Å². The Balaban J connectivity index is 2.04. The SMILES string of the molecule is CCCC[C@@H]1CCCC[C@H](C)[C@@H](OC(N)=O)c2cc(O)c(c(O)c2)[C@@H](CCCCCl)CCCC[C@H](C)[C@@H](OC(N)=O)c2cc(O)c1c(O)c2. The zero-order valence-corrected chi connectivity index (χ0v) is 30.1. The fourth-order valence-corrected chi connectivity index (χ4v) is 7.74. The lowest BCUT2D eigenvalue weighted by Crippen LogP contribution is -2.22. The van der Waals surface area contributed by atoms with Crippen LogP contribution in [0.2, 0.25) is 0 Å². The van der Waals surface area contributed by atoms with Crippen LogP contribution in [0.3, 0.4) is 0 Å². The number of amides is 2. The minimum Gasteiger partial charge on any atom is -0.508 e. The molecule has 0 saturated carbocycles. The van der Waals surface area contributed by atoms with Crippen LogP contribution >= 0.6 is 11.6 Å². The number of nitrogens with two attached hydrogens (primary N) is 2. The molecule has 0 spiro atoms. The summed E-state index contributed by atoms with van der Waals surface area (Å²) in [6, 6.07) is 6.31. The molecule has 0 aromatic heterocycles. The van der Waals surface area contributed by atoms with Gasteiger partial charge in [-0.05, 0) is 92.9 Å². The summed E-state index contributed by atoms with van der Waals surface area (Å²) in [7, 11) is 0. The Bertz CT molecular complexity index is 1330. The summed E-state index contributed by atoms with van der Waals surface area (Å²) in [6.07, 6.45) is 7.23. The lowest BCUT2D eigenvalue weighted by molar-refractivity contribution is 0.0683. The van der Waals surface area contributed by atoms with Gasteiger partial charge in [0.2, 0.25) is 0 Å². The van der Waals surface area contributed by atoms with E-state index in [-0.39, 0.29) is 46.7 Å². The van der Waals surface area contributed by atoms with Crippen LogP contribution in [0.4, 0.5) is 9.59 Å². The van der Waals surface area contributed by atoms with Crippen molar-refractivity contribution in [1.29, 1.82) is 0 Å². The van der Waals surface area contributed by atoms with Crippen LogP contribution in [0, 0.1) is 11.8 Å². The van der Waals surface area contributed by atoms with Gasteiger partial charge in [-0.15, -0.1) is 11.6 Å². The highest BCUT2D eigenvalue weighted by Gasteiger charge is 2.30. The molecule has 0 radical (unpaired) electrons. The Kier molecular flexibility index (Phi) is 16.0. The number of rotatable bonds is 9. The Morgan fingerprint density at radius 2 is 1.04 bits per heavy atom. The topological polar surface area (TPSA) is 186 Å². The molecule has 49 heavy (non-hydrogen) atoms. The fourth-order valence-electron chi connectivity index (χ4n) is 7.55. The maximum Gasteiger partial charge on any atom is 0.405 e. The van der Waals surface area contributed by atoms with Gasteiger partial charge in [0.25, 0.3) is 0 Å². The summed E-state index contributed by atoms with van der Waals surface area (Å²) in [5, 5.41) is 45.2. The molecule has 2 amide bonds. The molecule has 6 atom stereocenters. The summed E-state index contributed by atoms with van der Waals surface area (Å²) in [5.41, 5.74) is 12.8. The number of carbonyl (C=O) groups is 2. The van der Waals surface area contributed by atoms with Crippen molar-refractivity contribution in [2.75, 3.05) is 5.88 Å². The largest absolute Gasteiger partial charge is 0.508 e. The van der Waals surface area contributed by atoms with Crippen molar-refractivity contribution >= 4 is 23.8 Å². The average Bonchev–Trinajstić information content (AvgIpc) is 3.03. The van der Waals surface area contributed by atoms with E-state index < -0.39 is 24.4 Å². The second-order valence-electron chi connectivity index (χ2n) is 13.9. The molecule has 0 saturated heterocycles. The number of unbranched alkanes of at least 4 members (excludes halogenated alkanes) is 2. The molecule has 8 N–H and O–H groups in total. The monoisotopic (exact) mass is 704 g/mol. The number of phenols is 4. The highest BCUT2D eigenvalue weighted by Crippen LogP contribution is 2.46. The zero-order valence-electron chi connectivity index (χ0n) is 29.3. The third kappa shape index (κ3) is 11.5. The molecule has 0 fully saturated rings. The van der Waals surface area contributed by atoms with Gasteiger partial charge in [-0.2, -0.15) is 0 Å². The van der Waals surface area contributed by atoms with Gasteiger partial charge < -0.3 is 41.4 Å². The third-order valence-electron chi connectivity index (χ3n) is 10.1. The molecule has 0 unspecified atom stereocenters. The number of ether oxygens (including phenoxy) is 2. The van der Waals surface area contributed by atoms with Crippen molar-refractivity contribution in [1.82, 2.24) is 0 Å². The van der Waals surface area contributed by atoms with E-state index >= 15 is 0 Å². The van der Waals surface area contributed by atoms with Gasteiger partial charge in [-0.1, -0.05) is 65.7 Å². The molecular weight excluding hydrogens is 648 g/mol. The Labute approximate surface area is 296 Å². The first-order valence-corrected chi connectivity index (χ1v) is 18.5. The quantitative estimate of drug-likeness (QED) is 0.110. The van der Waals surface area contributed by atoms with Crippen LogP contribution in [0.25, 0.3) is 0 Å². The first-order chi connectivity index (χ1) is 23.4. The Morgan fingerprint density at radius 3 is 1.39 bits per heavy atom. The molecule has 4 aliphatic rings. The molecule has 0 heterocycles. The van der Waals surface area contributed by atoms with E-state index in [1.807, 2.05) is 13.8 Å². The fraction of sp³-hybridized carbons (Fsp3) is 0.632. The maximum absolute atomic E-state index is 12.0. The highest BCUT2D eigenvalue weighted by molar-refractivity contribution is 6.17. The molecule has 4 bridgehead atoms. The number of phenolic OH excluding ortho intramolecular Hbond substituents is 4. The number of aromatic hydroxyl groups is 4. The summed E-state index contributed by atoms with van der Waals surface area (Å²) < 4.78 is 11.1. The van der Waals surface area contributed by atoms with E-state index in [9.17, 15) is 30.0 Å². The molecule has 2 aromatic carbocycles. The number of alkyl halides is 1. The van der Waals surface area contributed by atoms with E-state index in [0.717, 1.165) is 57.8 Å². The molecule has 10 nitrogen and oxygen atoms in total. The minimum absolute atomic E-state index is 0.0331. The standard InChI is InChI=1S/C38H57ClN2O8/c1-4-5-14-25-15-8-6-12-23(2)36(49-38(41)47)28-21-31(44)34(32(45)22-28)26(17-10-11-18-39)16-9-7-13-24(3)35(48-37(40)46)27-19-29(42)33(25)30(43)20-27/h19-26,35-36,42-45H,4-18H2,1-3H3,(H2,40,46)(H2,41,47)/t23-,24-,25+,26+,35+,36+/m0/s1. The van der Waals surface area contributed by atoms with Crippen LogP contribution in [-0.2, 0) is 9.47 Å². The van der Waals surface area contributed by atoms with Gasteiger partial charge in [0.05, 0.1) is 0 Å². The van der Waals surface area contributed by atoms with Crippen molar-refractivity contribution in [3.63, 3.8) is 0 Å². The number of benzene rings is 2. The van der Waals surface area contributed by atoms with E-state index in [4.69, 9.17) is 32.5 Å². The van der Waals surface area contributed by atoms with E-state index in [2.05, 4.69) is 6.92 Å². The predicted molar refractivity (Wildman–Crippen MR) is 191 cm³/mol. The summed E-state index contributed by atoms with van der Waals surface area (Å²) >= 11 is 5.97. The zero-order chi connectivity index (χ0) is 36.1. The van der Waals surface area contributed by atoms with Crippen LogP contribution in [-0.4, -0.2) is 38.5 Å². The maximum atomic E-state index is 12.0. The van der Waals surface area contributed by atoms with Crippen molar-refractivity contribution in [2.45, 2.75) is 135 Å². The summed E-state index contributed by atoms with van der Waals surface area (Å²) in [6.45, 7) is 5.98. The Hall–Kier alpha value is -3.53. The van der Waals surface area contributed by atoms with Crippen LogP contribution in [0.5, 0.6) is 23.0 Å². The van der Waals surface area contributed by atoms with Gasteiger partial charge in [0.15, 0.2) is 0 Å². The number of halogens is 1.